The Morgan fingerprint density at radius 3 is 2.65 bits per heavy atom. The van der Waals surface area contributed by atoms with Crippen LogP contribution >= 0.6 is 11.3 Å². The number of hydrogen-bond acceptors (Lipinski definition) is 6. The first-order valence-corrected chi connectivity index (χ1v) is 7.70. The molecule has 0 bridgehead atoms. The molecule has 0 spiro atoms. The molecule has 0 saturated carbocycles. The van der Waals surface area contributed by atoms with Crippen LogP contribution in [0.3, 0.4) is 0 Å². The van der Waals surface area contributed by atoms with Crippen LogP contribution in [0.2, 0.25) is 0 Å². The Morgan fingerprint density at radius 1 is 1.35 bits per heavy atom. The lowest BCUT2D eigenvalue weighted by Gasteiger charge is -2.13. The minimum atomic E-state index is -0.315. The fourth-order valence-corrected chi connectivity index (χ4v) is 2.47. The van der Waals surface area contributed by atoms with Crippen LogP contribution < -0.4 is 10.1 Å². The van der Waals surface area contributed by atoms with Crippen molar-refractivity contribution in [1.82, 2.24) is 9.88 Å². The summed E-state index contributed by atoms with van der Waals surface area (Å²) in [6.07, 6.45) is 0. The lowest BCUT2D eigenvalue weighted by atomic mass is 10.2. The van der Waals surface area contributed by atoms with Gasteiger partial charge < -0.3 is 14.7 Å². The van der Waals surface area contributed by atoms with Crippen molar-refractivity contribution in [3.8, 4) is 5.75 Å². The van der Waals surface area contributed by atoms with Gasteiger partial charge in [0.2, 0.25) is 0 Å². The van der Waals surface area contributed by atoms with Crippen LogP contribution in [-0.4, -0.2) is 54.1 Å². The molecule has 122 valence electrons. The molecule has 0 atom stereocenters. The Hall–Kier alpha value is -2.45. The number of rotatable bonds is 6. The summed E-state index contributed by atoms with van der Waals surface area (Å²) < 4.78 is 5.04. The number of likely N-dealkylation sites (N-methyl/N-ethyl adjacent to an activating group) is 1. The second-order valence-corrected chi connectivity index (χ2v) is 5.53. The van der Waals surface area contributed by atoms with E-state index in [1.54, 1.807) is 43.8 Å². The Bertz CT molecular complexity index is 684. The van der Waals surface area contributed by atoms with Gasteiger partial charge in [0.05, 0.1) is 13.7 Å². The van der Waals surface area contributed by atoms with Gasteiger partial charge in [0.1, 0.15) is 11.4 Å². The normalized spacial score (nSPS) is 10.2. The van der Waals surface area contributed by atoms with Crippen LogP contribution in [0, 0.1) is 0 Å². The zero-order valence-corrected chi connectivity index (χ0v) is 13.6. The summed E-state index contributed by atoms with van der Waals surface area (Å²) in [4.78, 5) is 29.6. The van der Waals surface area contributed by atoms with E-state index in [0.717, 1.165) is 0 Å². The third-order valence-corrected chi connectivity index (χ3v) is 3.84. The fourth-order valence-electron chi connectivity index (χ4n) is 1.79. The first-order chi connectivity index (χ1) is 11.0. The zero-order chi connectivity index (χ0) is 16.8. The highest BCUT2D eigenvalue weighted by Gasteiger charge is 2.16. The fraction of sp³-hybridized carbons (Fsp3) is 0.267. The van der Waals surface area contributed by atoms with Gasteiger partial charge in [0.15, 0.2) is 5.13 Å². The number of aliphatic hydroxyl groups excluding tert-OH is 1. The van der Waals surface area contributed by atoms with Crippen molar-refractivity contribution in [3.63, 3.8) is 0 Å². The first kappa shape index (κ1) is 16.9. The summed E-state index contributed by atoms with van der Waals surface area (Å²) in [7, 11) is 3.13. The molecular weight excluding hydrogens is 318 g/mol. The van der Waals surface area contributed by atoms with Crippen molar-refractivity contribution >= 4 is 28.3 Å². The lowest BCUT2D eigenvalue weighted by Crippen LogP contribution is -2.29. The highest BCUT2D eigenvalue weighted by atomic mass is 32.1. The van der Waals surface area contributed by atoms with E-state index in [2.05, 4.69) is 10.3 Å². The maximum atomic E-state index is 12.1. The Labute approximate surface area is 137 Å². The molecule has 0 aliphatic carbocycles. The molecule has 0 saturated heterocycles. The van der Waals surface area contributed by atoms with Gasteiger partial charge >= 0.3 is 0 Å². The summed E-state index contributed by atoms with van der Waals surface area (Å²) >= 11 is 1.17. The van der Waals surface area contributed by atoms with E-state index >= 15 is 0 Å². The number of nitrogens with zero attached hydrogens (tertiary/aromatic N) is 2. The minimum Gasteiger partial charge on any atom is -0.497 e. The second kappa shape index (κ2) is 7.70. The molecule has 1 aromatic carbocycles. The van der Waals surface area contributed by atoms with E-state index in [0.29, 0.717) is 16.4 Å². The minimum absolute atomic E-state index is 0.118. The molecular formula is C15H17N3O4S. The van der Waals surface area contributed by atoms with Gasteiger partial charge in [-0.3, -0.25) is 14.9 Å². The molecule has 0 fully saturated rings. The molecule has 0 aliphatic rings. The third-order valence-electron chi connectivity index (χ3n) is 3.08. The second-order valence-electron chi connectivity index (χ2n) is 4.67. The summed E-state index contributed by atoms with van der Waals surface area (Å²) in [5.74, 6) is 0.0422. The quantitative estimate of drug-likeness (QED) is 0.834. The third kappa shape index (κ3) is 4.27. The molecule has 2 N–H and O–H groups in total. The number of amides is 2. The van der Waals surface area contributed by atoms with Crippen molar-refractivity contribution in [2.24, 2.45) is 0 Å². The van der Waals surface area contributed by atoms with E-state index in [9.17, 15) is 9.59 Å². The monoisotopic (exact) mass is 335 g/mol. The van der Waals surface area contributed by atoms with Gasteiger partial charge in [0.25, 0.3) is 11.8 Å². The van der Waals surface area contributed by atoms with E-state index in [4.69, 9.17) is 9.84 Å². The van der Waals surface area contributed by atoms with Gasteiger partial charge in [-0.05, 0) is 24.3 Å². The van der Waals surface area contributed by atoms with Gasteiger partial charge in [-0.25, -0.2) is 4.98 Å². The Balaban J connectivity index is 2.03. The van der Waals surface area contributed by atoms with Crippen molar-refractivity contribution in [1.29, 1.82) is 0 Å². The zero-order valence-electron chi connectivity index (χ0n) is 12.8. The number of aromatic nitrogens is 1. The van der Waals surface area contributed by atoms with Crippen LogP contribution in [-0.2, 0) is 0 Å². The van der Waals surface area contributed by atoms with Crippen LogP contribution in [0.15, 0.2) is 29.6 Å². The maximum absolute atomic E-state index is 12.1. The van der Waals surface area contributed by atoms with E-state index in [1.165, 1.54) is 16.2 Å². The molecule has 2 aromatic rings. The van der Waals surface area contributed by atoms with Crippen LogP contribution in [0.1, 0.15) is 20.8 Å². The van der Waals surface area contributed by atoms with Gasteiger partial charge in [-0.1, -0.05) is 0 Å². The molecule has 23 heavy (non-hydrogen) atoms. The van der Waals surface area contributed by atoms with Gasteiger partial charge in [-0.15, -0.1) is 11.3 Å². The Kier molecular flexibility index (Phi) is 5.67. The van der Waals surface area contributed by atoms with Gasteiger partial charge in [-0.2, -0.15) is 0 Å². The molecule has 2 rings (SSSR count). The summed E-state index contributed by atoms with van der Waals surface area (Å²) in [5, 5.41) is 13.4. The first-order valence-electron chi connectivity index (χ1n) is 6.82. The number of thiazole rings is 1. The molecule has 2 amide bonds. The number of nitrogens with one attached hydrogen (secondary N) is 1. The average molecular weight is 335 g/mol. The number of carbonyl (C=O) groups excluding carboxylic acids is 2. The number of aliphatic hydroxyl groups is 1. The Morgan fingerprint density at radius 2 is 2.04 bits per heavy atom. The highest BCUT2D eigenvalue weighted by molar-refractivity contribution is 7.14. The predicted molar refractivity (Wildman–Crippen MR) is 87.1 cm³/mol. The number of anilines is 1. The predicted octanol–water partition coefficient (Wildman–Crippen LogP) is 1.47. The standard InChI is InChI=1S/C15H17N3O4S/c1-18(7-8-19)14(21)12-9-23-15(16-12)17-13(20)10-3-5-11(22-2)6-4-10/h3-6,9,19H,7-8H2,1-2H3,(H,16,17,20). The SMILES string of the molecule is COc1ccc(C(=O)Nc2nc(C(=O)N(C)CCO)cs2)cc1. The molecule has 8 heteroatoms. The molecule has 0 radical (unpaired) electrons. The number of methoxy groups -OCH3 is 1. The van der Waals surface area contributed by atoms with Crippen LogP contribution in [0.25, 0.3) is 0 Å². The number of benzene rings is 1. The largest absolute Gasteiger partial charge is 0.497 e. The van der Waals surface area contributed by atoms with Crippen molar-refractivity contribution in [2.45, 2.75) is 0 Å². The smallest absolute Gasteiger partial charge is 0.273 e. The maximum Gasteiger partial charge on any atom is 0.273 e. The summed E-state index contributed by atoms with van der Waals surface area (Å²) in [6, 6.07) is 6.66. The topological polar surface area (TPSA) is 91.8 Å². The number of carbonyl (C=O) groups is 2. The number of ether oxygens (including phenoxy) is 1. The summed E-state index contributed by atoms with van der Waals surface area (Å²) in [6.45, 7) is 0.108. The van der Waals surface area contributed by atoms with E-state index in [1.807, 2.05) is 0 Å². The summed E-state index contributed by atoms with van der Waals surface area (Å²) in [5.41, 5.74) is 0.697. The van der Waals surface area contributed by atoms with Crippen LogP contribution in [0.4, 0.5) is 5.13 Å². The molecule has 7 nitrogen and oxygen atoms in total. The van der Waals surface area contributed by atoms with Gasteiger partial charge in [0, 0.05) is 24.5 Å². The van der Waals surface area contributed by atoms with Crippen molar-refractivity contribution < 1.29 is 19.4 Å². The van der Waals surface area contributed by atoms with Crippen LogP contribution in [0.5, 0.6) is 5.75 Å². The average Bonchev–Trinajstić information content (AvgIpc) is 3.02. The number of hydrogen-bond donors (Lipinski definition) is 2. The highest BCUT2D eigenvalue weighted by Crippen LogP contribution is 2.18. The van der Waals surface area contributed by atoms with E-state index in [-0.39, 0.29) is 30.7 Å². The molecule has 0 aliphatic heterocycles. The van der Waals surface area contributed by atoms with Crippen molar-refractivity contribution in [3.05, 3.63) is 40.9 Å². The lowest BCUT2D eigenvalue weighted by molar-refractivity contribution is 0.0761. The molecule has 0 unspecified atom stereocenters. The van der Waals surface area contributed by atoms with E-state index < -0.39 is 0 Å². The van der Waals surface area contributed by atoms with Crippen molar-refractivity contribution in [2.75, 3.05) is 32.6 Å². The molecule has 1 aromatic heterocycles. The molecule has 1 heterocycles.